The Kier molecular flexibility index (Phi) is 4.41. The fourth-order valence-electron chi connectivity index (χ4n) is 1.34. The Labute approximate surface area is 110 Å². The van der Waals surface area contributed by atoms with Crippen LogP contribution < -0.4 is 15.5 Å². The quantitative estimate of drug-likeness (QED) is 0.788. The van der Waals surface area contributed by atoms with Crippen LogP contribution in [0.25, 0.3) is 0 Å². The van der Waals surface area contributed by atoms with E-state index in [0.29, 0.717) is 10.8 Å². The van der Waals surface area contributed by atoms with Crippen molar-refractivity contribution < 1.29 is 14.4 Å². The smallest absolute Gasteiger partial charge is 0.284 e. The standard InChI is InChI=1S/C12H15ClN2O3/c1-8(12(16)15-18-11-6-14-7-11)17-10-4-2-9(13)3-5-10/h2-5,8,11,14H,6-7H2,1H3,(H,15,16)/t8-/m0/s1. The SMILES string of the molecule is C[C@H](Oc1ccc(Cl)cc1)C(=O)NOC1CNC1. The van der Waals surface area contributed by atoms with E-state index in [4.69, 9.17) is 21.2 Å². The van der Waals surface area contributed by atoms with Crippen molar-refractivity contribution in [3.8, 4) is 5.75 Å². The summed E-state index contributed by atoms with van der Waals surface area (Å²) in [6.45, 7) is 3.17. The van der Waals surface area contributed by atoms with E-state index >= 15 is 0 Å². The van der Waals surface area contributed by atoms with Crippen molar-refractivity contribution in [1.82, 2.24) is 10.8 Å². The van der Waals surface area contributed by atoms with E-state index in [0.717, 1.165) is 13.1 Å². The van der Waals surface area contributed by atoms with Gasteiger partial charge in [-0.2, -0.15) is 0 Å². The molecule has 1 aromatic carbocycles. The molecular weight excluding hydrogens is 256 g/mol. The summed E-state index contributed by atoms with van der Waals surface area (Å²) in [6, 6.07) is 6.84. The van der Waals surface area contributed by atoms with Crippen molar-refractivity contribution in [2.24, 2.45) is 0 Å². The Hall–Kier alpha value is -1.30. The maximum atomic E-state index is 11.7. The van der Waals surface area contributed by atoms with Gasteiger partial charge in [-0.05, 0) is 31.2 Å². The molecule has 0 saturated carbocycles. The van der Waals surface area contributed by atoms with Gasteiger partial charge in [0.15, 0.2) is 6.10 Å². The number of nitrogens with one attached hydrogen (secondary N) is 2. The van der Waals surface area contributed by atoms with E-state index in [1.807, 2.05) is 0 Å². The molecule has 1 saturated heterocycles. The minimum Gasteiger partial charge on any atom is -0.481 e. The zero-order chi connectivity index (χ0) is 13.0. The normalized spacial score (nSPS) is 16.8. The van der Waals surface area contributed by atoms with Crippen molar-refractivity contribution in [2.45, 2.75) is 19.1 Å². The van der Waals surface area contributed by atoms with Gasteiger partial charge in [-0.1, -0.05) is 11.6 Å². The monoisotopic (exact) mass is 270 g/mol. The molecule has 0 bridgehead atoms. The van der Waals surface area contributed by atoms with E-state index in [1.165, 1.54) is 0 Å². The van der Waals surface area contributed by atoms with E-state index in [1.54, 1.807) is 31.2 Å². The van der Waals surface area contributed by atoms with Crippen LogP contribution in [0.15, 0.2) is 24.3 Å². The van der Waals surface area contributed by atoms with E-state index < -0.39 is 6.10 Å². The number of carbonyl (C=O) groups excluding carboxylic acids is 1. The minimum absolute atomic E-state index is 0.0525. The number of hydrogen-bond donors (Lipinski definition) is 2. The predicted molar refractivity (Wildman–Crippen MR) is 67.4 cm³/mol. The van der Waals surface area contributed by atoms with E-state index in [-0.39, 0.29) is 12.0 Å². The van der Waals surface area contributed by atoms with Crippen LogP contribution >= 0.6 is 11.6 Å². The summed E-state index contributed by atoms with van der Waals surface area (Å²) in [4.78, 5) is 16.8. The molecule has 0 radical (unpaired) electrons. The number of ether oxygens (including phenoxy) is 1. The highest BCUT2D eigenvalue weighted by Gasteiger charge is 2.21. The van der Waals surface area contributed by atoms with Crippen LogP contribution in [-0.4, -0.2) is 31.2 Å². The maximum Gasteiger partial charge on any atom is 0.284 e. The third kappa shape index (κ3) is 3.60. The van der Waals surface area contributed by atoms with Crippen LogP contribution in [0, 0.1) is 0 Å². The van der Waals surface area contributed by atoms with Gasteiger partial charge in [0.1, 0.15) is 11.9 Å². The molecule has 0 spiro atoms. The van der Waals surface area contributed by atoms with Gasteiger partial charge in [-0.25, -0.2) is 5.48 Å². The van der Waals surface area contributed by atoms with Crippen molar-refractivity contribution in [1.29, 1.82) is 0 Å². The second-order valence-electron chi connectivity index (χ2n) is 4.08. The fourth-order valence-corrected chi connectivity index (χ4v) is 1.47. The van der Waals surface area contributed by atoms with Gasteiger partial charge < -0.3 is 10.1 Å². The molecule has 1 aliphatic rings. The van der Waals surface area contributed by atoms with Gasteiger partial charge in [-0.15, -0.1) is 0 Å². The molecule has 18 heavy (non-hydrogen) atoms. The topological polar surface area (TPSA) is 59.6 Å². The van der Waals surface area contributed by atoms with Gasteiger partial charge in [0, 0.05) is 18.1 Å². The maximum absolute atomic E-state index is 11.7. The first-order chi connectivity index (χ1) is 8.65. The van der Waals surface area contributed by atoms with E-state index in [9.17, 15) is 4.79 Å². The molecule has 1 heterocycles. The second kappa shape index (κ2) is 6.04. The first-order valence-electron chi connectivity index (χ1n) is 5.73. The zero-order valence-electron chi connectivity index (χ0n) is 9.98. The Bertz CT molecular complexity index is 406. The number of hydroxylamine groups is 1. The summed E-state index contributed by atoms with van der Waals surface area (Å²) < 4.78 is 5.45. The highest BCUT2D eigenvalue weighted by Crippen LogP contribution is 2.16. The van der Waals surface area contributed by atoms with Crippen LogP contribution in [0.4, 0.5) is 0 Å². The molecule has 1 fully saturated rings. The average molecular weight is 271 g/mol. The van der Waals surface area contributed by atoms with Crippen LogP contribution in [0.1, 0.15) is 6.92 Å². The molecule has 98 valence electrons. The van der Waals surface area contributed by atoms with Crippen LogP contribution in [0.5, 0.6) is 5.75 Å². The summed E-state index contributed by atoms with van der Waals surface area (Å²) >= 11 is 5.76. The highest BCUT2D eigenvalue weighted by atomic mass is 35.5. The first-order valence-corrected chi connectivity index (χ1v) is 6.11. The van der Waals surface area contributed by atoms with Crippen LogP contribution in [-0.2, 0) is 9.63 Å². The Morgan fingerprint density at radius 3 is 2.67 bits per heavy atom. The van der Waals surface area contributed by atoms with Gasteiger partial charge in [0.2, 0.25) is 0 Å². The Morgan fingerprint density at radius 2 is 2.11 bits per heavy atom. The van der Waals surface area contributed by atoms with Crippen molar-refractivity contribution in [3.05, 3.63) is 29.3 Å². The van der Waals surface area contributed by atoms with Crippen molar-refractivity contribution >= 4 is 17.5 Å². The second-order valence-corrected chi connectivity index (χ2v) is 4.51. The molecule has 0 aliphatic carbocycles. The lowest BCUT2D eigenvalue weighted by Crippen LogP contribution is -2.52. The first kappa shape index (κ1) is 13.1. The number of hydrogen-bond acceptors (Lipinski definition) is 4. The molecule has 0 aromatic heterocycles. The van der Waals surface area contributed by atoms with Crippen molar-refractivity contribution in [2.75, 3.05) is 13.1 Å². The molecule has 2 rings (SSSR count). The Morgan fingerprint density at radius 1 is 1.44 bits per heavy atom. The van der Waals surface area contributed by atoms with Crippen LogP contribution in [0.2, 0.25) is 5.02 Å². The number of amides is 1. The van der Waals surface area contributed by atoms with E-state index in [2.05, 4.69) is 10.8 Å². The van der Waals surface area contributed by atoms with Gasteiger partial charge in [0.05, 0.1) is 0 Å². The van der Waals surface area contributed by atoms with Gasteiger partial charge in [0.25, 0.3) is 5.91 Å². The summed E-state index contributed by atoms with van der Waals surface area (Å²) in [5.41, 5.74) is 2.39. The minimum atomic E-state index is -0.626. The summed E-state index contributed by atoms with van der Waals surface area (Å²) in [5.74, 6) is 0.282. The number of halogens is 1. The molecule has 0 unspecified atom stereocenters. The third-order valence-electron chi connectivity index (χ3n) is 2.57. The lowest BCUT2D eigenvalue weighted by Gasteiger charge is -2.27. The number of rotatable bonds is 5. The number of benzene rings is 1. The highest BCUT2D eigenvalue weighted by molar-refractivity contribution is 6.30. The third-order valence-corrected chi connectivity index (χ3v) is 2.82. The fraction of sp³-hybridized carbons (Fsp3) is 0.417. The summed E-state index contributed by atoms with van der Waals surface area (Å²) in [5, 5.41) is 3.66. The molecule has 1 aromatic rings. The summed E-state index contributed by atoms with van der Waals surface area (Å²) in [7, 11) is 0. The lowest BCUT2D eigenvalue weighted by atomic mass is 10.2. The molecule has 6 heteroatoms. The average Bonchev–Trinajstić information content (AvgIpc) is 2.30. The molecule has 5 nitrogen and oxygen atoms in total. The molecular formula is C12H15ClN2O3. The number of carbonyl (C=O) groups is 1. The molecule has 2 N–H and O–H groups in total. The Balaban J connectivity index is 1.77. The molecule has 1 aliphatic heterocycles. The molecule has 1 amide bonds. The zero-order valence-corrected chi connectivity index (χ0v) is 10.7. The molecule has 1 atom stereocenters. The van der Waals surface area contributed by atoms with Crippen LogP contribution in [0.3, 0.4) is 0 Å². The largest absolute Gasteiger partial charge is 0.481 e. The van der Waals surface area contributed by atoms with Gasteiger partial charge >= 0.3 is 0 Å². The predicted octanol–water partition coefficient (Wildman–Crippen LogP) is 1.13. The lowest BCUT2D eigenvalue weighted by molar-refractivity contribution is -0.147. The summed E-state index contributed by atoms with van der Waals surface area (Å²) in [6.07, 6.45) is -0.573. The van der Waals surface area contributed by atoms with Crippen molar-refractivity contribution in [3.63, 3.8) is 0 Å². The van der Waals surface area contributed by atoms with Gasteiger partial charge in [-0.3, -0.25) is 9.63 Å².